The second-order valence-electron chi connectivity index (χ2n) is 8.61. The van der Waals surface area contributed by atoms with Crippen LogP contribution >= 0.6 is 0 Å². The Morgan fingerprint density at radius 1 is 1.21 bits per heavy atom. The number of fused-ring (bicyclic) bond motifs is 1. The molecule has 29 heavy (non-hydrogen) atoms. The third kappa shape index (κ3) is 4.94. The molecule has 1 N–H and O–H groups in total. The number of aromatic nitrogens is 1. The number of ether oxygens (including phenoxy) is 1. The monoisotopic (exact) mass is 394 g/mol. The molecule has 2 aromatic rings. The smallest absolute Gasteiger partial charge is 0.258 e. The lowest BCUT2D eigenvalue weighted by Crippen LogP contribution is -2.33. The van der Waals surface area contributed by atoms with E-state index in [4.69, 9.17) is 9.73 Å². The Morgan fingerprint density at radius 2 is 1.90 bits per heavy atom. The van der Waals surface area contributed by atoms with E-state index in [-0.39, 0.29) is 24.0 Å². The molecule has 1 atom stereocenters. The van der Waals surface area contributed by atoms with Gasteiger partial charge in [-0.2, -0.15) is 4.98 Å². The Balaban J connectivity index is 1.64. The number of aliphatic imine (C=N–C) groups is 1. The molecule has 1 aliphatic rings. The van der Waals surface area contributed by atoms with Gasteiger partial charge in [0, 0.05) is 24.1 Å². The van der Waals surface area contributed by atoms with Crippen molar-refractivity contribution < 1.29 is 9.53 Å². The van der Waals surface area contributed by atoms with Crippen LogP contribution in [0.3, 0.4) is 0 Å². The zero-order chi connectivity index (χ0) is 21.2. The van der Waals surface area contributed by atoms with E-state index in [2.05, 4.69) is 31.1 Å². The first-order valence-electron chi connectivity index (χ1n) is 9.91. The lowest BCUT2D eigenvalue weighted by Gasteiger charge is -2.31. The summed E-state index contributed by atoms with van der Waals surface area (Å²) in [4.78, 5) is 23.6. The molecule has 0 unspecified atom stereocenters. The third-order valence-electron chi connectivity index (χ3n) is 4.92. The number of pyridine rings is 1. The average molecular weight is 395 g/mol. The quantitative estimate of drug-likeness (QED) is 0.835. The normalized spacial score (nSPS) is 14.7. The van der Waals surface area contributed by atoms with Crippen LogP contribution in [0.2, 0.25) is 0 Å². The van der Waals surface area contributed by atoms with Crippen LogP contribution in [0.15, 0.2) is 41.4 Å². The van der Waals surface area contributed by atoms with Crippen molar-refractivity contribution in [1.82, 2.24) is 10.3 Å². The molecule has 0 saturated heterocycles. The maximum absolute atomic E-state index is 12.3. The number of carbonyl (C=O) groups excluding carboxylic acids is 1. The molecule has 0 spiro atoms. The zero-order valence-corrected chi connectivity index (χ0v) is 18.1. The molecule has 0 radical (unpaired) electrons. The van der Waals surface area contributed by atoms with Crippen LogP contribution in [0.1, 0.15) is 50.4 Å². The maximum atomic E-state index is 12.3. The molecule has 0 bridgehead atoms. The number of benzene rings is 1. The van der Waals surface area contributed by atoms with Gasteiger partial charge in [-0.3, -0.25) is 9.79 Å². The van der Waals surface area contributed by atoms with Crippen molar-refractivity contribution in [3.63, 3.8) is 0 Å². The van der Waals surface area contributed by atoms with Gasteiger partial charge in [0.15, 0.2) is 6.61 Å². The minimum atomic E-state index is -0.178. The first-order valence-corrected chi connectivity index (χ1v) is 9.91. The number of amides is 1. The molecule has 0 fully saturated rings. The molecule has 0 saturated carbocycles. The molecule has 1 amide bonds. The maximum Gasteiger partial charge on any atom is 0.258 e. The van der Waals surface area contributed by atoms with E-state index >= 15 is 0 Å². The van der Waals surface area contributed by atoms with Gasteiger partial charge < -0.3 is 15.0 Å². The lowest BCUT2D eigenvalue weighted by atomic mass is 9.85. The topological polar surface area (TPSA) is 66.8 Å². The SMILES string of the molecule is Cc1ccc([C@H](C)NC(=O)COc2ccc3c(n2)N(C)CN=C3C(C)(C)C)cc1. The molecule has 154 valence electrons. The Labute approximate surface area is 173 Å². The highest BCUT2D eigenvalue weighted by Crippen LogP contribution is 2.32. The number of hydrogen-bond acceptors (Lipinski definition) is 5. The first kappa shape index (κ1) is 20.8. The Kier molecular flexibility index (Phi) is 5.91. The van der Waals surface area contributed by atoms with Gasteiger partial charge in [0.05, 0.1) is 11.8 Å². The fourth-order valence-corrected chi connectivity index (χ4v) is 3.32. The van der Waals surface area contributed by atoms with Crippen LogP contribution in [0, 0.1) is 12.3 Å². The van der Waals surface area contributed by atoms with E-state index in [1.165, 1.54) is 5.56 Å². The van der Waals surface area contributed by atoms with Crippen molar-refractivity contribution >= 4 is 17.4 Å². The van der Waals surface area contributed by atoms with Crippen LogP contribution in [0.4, 0.5) is 5.82 Å². The van der Waals surface area contributed by atoms with Gasteiger partial charge in [0.25, 0.3) is 5.91 Å². The summed E-state index contributed by atoms with van der Waals surface area (Å²) in [6, 6.07) is 11.8. The number of carbonyl (C=O) groups is 1. The van der Waals surface area contributed by atoms with Crippen LogP contribution < -0.4 is 15.0 Å². The molecule has 3 rings (SSSR count). The molecule has 1 aromatic carbocycles. The molecule has 6 heteroatoms. The van der Waals surface area contributed by atoms with Crippen LogP contribution in [0.25, 0.3) is 0 Å². The van der Waals surface area contributed by atoms with Gasteiger partial charge in [0.1, 0.15) is 12.5 Å². The number of nitrogens with zero attached hydrogens (tertiary/aromatic N) is 3. The summed E-state index contributed by atoms with van der Waals surface area (Å²) in [5.74, 6) is 1.09. The Morgan fingerprint density at radius 3 is 2.55 bits per heavy atom. The third-order valence-corrected chi connectivity index (χ3v) is 4.92. The van der Waals surface area contributed by atoms with Crippen molar-refractivity contribution in [2.24, 2.45) is 10.4 Å². The van der Waals surface area contributed by atoms with Gasteiger partial charge in [-0.05, 0) is 25.5 Å². The summed E-state index contributed by atoms with van der Waals surface area (Å²) in [7, 11) is 1.95. The average Bonchev–Trinajstić information content (AvgIpc) is 2.66. The molecule has 1 aromatic heterocycles. The van der Waals surface area contributed by atoms with Crippen LogP contribution in [-0.2, 0) is 4.79 Å². The summed E-state index contributed by atoms with van der Waals surface area (Å²) in [6.45, 7) is 10.9. The van der Waals surface area contributed by atoms with Crippen molar-refractivity contribution in [3.8, 4) is 5.88 Å². The number of nitrogens with one attached hydrogen (secondary N) is 1. The second kappa shape index (κ2) is 8.23. The van der Waals surface area contributed by atoms with Crippen molar-refractivity contribution in [1.29, 1.82) is 0 Å². The summed E-state index contributed by atoms with van der Waals surface area (Å²) in [6.07, 6.45) is 0. The van der Waals surface area contributed by atoms with E-state index in [1.54, 1.807) is 6.07 Å². The van der Waals surface area contributed by atoms with E-state index in [0.29, 0.717) is 12.5 Å². The molecule has 0 aliphatic carbocycles. The van der Waals surface area contributed by atoms with Crippen molar-refractivity contribution in [3.05, 3.63) is 53.1 Å². The van der Waals surface area contributed by atoms with Crippen molar-refractivity contribution in [2.75, 3.05) is 25.2 Å². The highest BCUT2D eigenvalue weighted by molar-refractivity contribution is 6.08. The van der Waals surface area contributed by atoms with Gasteiger partial charge in [0.2, 0.25) is 5.88 Å². The predicted molar refractivity (Wildman–Crippen MR) is 117 cm³/mol. The van der Waals surface area contributed by atoms with Gasteiger partial charge in [-0.15, -0.1) is 0 Å². The van der Waals surface area contributed by atoms with E-state index in [1.807, 2.05) is 56.1 Å². The summed E-state index contributed by atoms with van der Waals surface area (Å²) in [5, 5.41) is 2.96. The summed E-state index contributed by atoms with van der Waals surface area (Å²) < 4.78 is 5.67. The molecular weight excluding hydrogens is 364 g/mol. The number of hydrogen-bond donors (Lipinski definition) is 1. The van der Waals surface area contributed by atoms with E-state index in [9.17, 15) is 4.79 Å². The van der Waals surface area contributed by atoms with Crippen molar-refractivity contribution in [2.45, 2.75) is 40.7 Å². The van der Waals surface area contributed by atoms with Gasteiger partial charge in [-0.25, -0.2) is 0 Å². The molecule has 6 nitrogen and oxygen atoms in total. The minimum absolute atomic E-state index is 0.0634. The summed E-state index contributed by atoms with van der Waals surface area (Å²) >= 11 is 0. The standard InChI is InChI=1S/C23H30N4O2/c1-15-7-9-17(10-8-15)16(2)25-19(28)13-29-20-12-11-18-21(23(3,4)5)24-14-27(6)22(18)26-20/h7-12,16H,13-14H2,1-6H3,(H,25,28)/t16-/m0/s1. The summed E-state index contributed by atoms with van der Waals surface area (Å²) in [5.41, 5.74) is 4.24. The highest BCUT2D eigenvalue weighted by Gasteiger charge is 2.28. The molecule has 1 aliphatic heterocycles. The van der Waals surface area contributed by atoms with E-state index < -0.39 is 0 Å². The van der Waals surface area contributed by atoms with Gasteiger partial charge in [-0.1, -0.05) is 50.6 Å². The number of rotatable bonds is 5. The predicted octanol–water partition coefficient (Wildman–Crippen LogP) is 3.89. The molecule has 2 heterocycles. The van der Waals surface area contributed by atoms with Crippen LogP contribution in [0.5, 0.6) is 5.88 Å². The van der Waals surface area contributed by atoms with E-state index in [0.717, 1.165) is 22.7 Å². The minimum Gasteiger partial charge on any atom is -0.468 e. The largest absolute Gasteiger partial charge is 0.468 e. The van der Waals surface area contributed by atoms with Gasteiger partial charge >= 0.3 is 0 Å². The highest BCUT2D eigenvalue weighted by atomic mass is 16.5. The Hall–Kier alpha value is -2.89. The second-order valence-corrected chi connectivity index (χ2v) is 8.61. The zero-order valence-electron chi connectivity index (χ0n) is 18.1. The van der Waals surface area contributed by atoms with Crippen LogP contribution in [-0.4, -0.2) is 36.9 Å². The first-order chi connectivity index (χ1) is 13.6. The Bertz CT molecular complexity index is 913. The number of anilines is 1. The lowest BCUT2D eigenvalue weighted by molar-refractivity contribution is -0.123. The molecular formula is C23H30N4O2. The number of aryl methyl sites for hydroxylation is 1. The fourth-order valence-electron chi connectivity index (χ4n) is 3.32. The fraction of sp³-hybridized carbons (Fsp3) is 0.435.